The summed E-state index contributed by atoms with van der Waals surface area (Å²) in [5, 5.41) is 2.96. The Bertz CT molecular complexity index is 839. The van der Waals surface area contributed by atoms with Gasteiger partial charge in [0, 0.05) is 24.8 Å². The van der Waals surface area contributed by atoms with Crippen molar-refractivity contribution in [2.24, 2.45) is 5.41 Å². The van der Waals surface area contributed by atoms with E-state index in [0.717, 1.165) is 6.07 Å². The Labute approximate surface area is 191 Å². The molecule has 2 rings (SSSR count). The van der Waals surface area contributed by atoms with Crippen molar-refractivity contribution in [2.75, 3.05) is 13.2 Å². The minimum absolute atomic E-state index is 0.131. The van der Waals surface area contributed by atoms with Crippen molar-refractivity contribution in [3.63, 3.8) is 0 Å². The van der Waals surface area contributed by atoms with Gasteiger partial charge in [-0.1, -0.05) is 0 Å². The van der Waals surface area contributed by atoms with Gasteiger partial charge in [0.05, 0.1) is 5.41 Å². The summed E-state index contributed by atoms with van der Waals surface area (Å²) >= 11 is 0. The van der Waals surface area contributed by atoms with Crippen LogP contribution in [0.25, 0.3) is 0 Å². The molecule has 1 aliphatic rings. The summed E-state index contributed by atoms with van der Waals surface area (Å²) in [4.78, 5) is 30.6. The van der Waals surface area contributed by atoms with Crippen molar-refractivity contribution in [1.29, 1.82) is 0 Å². The van der Waals surface area contributed by atoms with Crippen molar-refractivity contribution < 1.29 is 37.0 Å². The third-order valence-corrected chi connectivity index (χ3v) is 4.99. The second-order valence-electron chi connectivity index (χ2n) is 9.74. The molecule has 1 fully saturated rings. The molecule has 0 saturated carbocycles. The number of aromatic nitrogens is 1. The van der Waals surface area contributed by atoms with E-state index in [1.807, 2.05) is 6.92 Å². The van der Waals surface area contributed by atoms with Crippen molar-refractivity contribution in [3.8, 4) is 11.6 Å². The monoisotopic (exact) mass is 475 g/mol. The molecule has 1 aromatic rings. The lowest BCUT2D eigenvalue weighted by molar-refractivity contribution is -0.275. The van der Waals surface area contributed by atoms with Crippen LogP contribution in [0.2, 0.25) is 0 Å². The number of ether oxygens (including phenoxy) is 3. The maximum Gasteiger partial charge on any atom is 0.573 e. The molecule has 1 aliphatic heterocycles. The first-order valence-electron chi connectivity index (χ1n) is 10.7. The lowest BCUT2D eigenvalue weighted by Crippen LogP contribution is -2.54. The number of amides is 2. The standard InChI is InChI=1S/C22H32F3N3O5/c1-14-12-15(9-11-28(14)19(30)33-20(2,3)4)27-18(29)21(5,6)13-31-17-16(8-7-10-26-17)32-22(23,24)25/h7-8,10,14-15H,9,11-13H2,1-6H3,(H,27,29)/t14-,15-/m0/s1. The van der Waals surface area contributed by atoms with E-state index in [-0.39, 0.29) is 36.6 Å². The van der Waals surface area contributed by atoms with E-state index < -0.39 is 23.1 Å². The Kier molecular flexibility index (Phi) is 8.08. The van der Waals surface area contributed by atoms with Gasteiger partial charge < -0.3 is 24.4 Å². The summed E-state index contributed by atoms with van der Waals surface area (Å²) in [6, 6.07) is 2.08. The van der Waals surface area contributed by atoms with Gasteiger partial charge >= 0.3 is 12.5 Å². The van der Waals surface area contributed by atoms with Gasteiger partial charge in [0.25, 0.3) is 5.88 Å². The quantitative estimate of drug-likeness (QED) is 0.660. The largest absolute Gasteiger partial charge is 0.573 e. The van der Waals surface area contributed by atoms with Gasteiger partial charge in [0.1, 0.15) is 12.2 Å². The summed E-state index contributed by atoms with van der Waals surface area (Å²) < 4.78 is 52.5. The highest BCUT2D eigenvalue weighted by Crippen LogP contribution is 2.31. The number of hydrogen-bond donors (Lipinski definition) is 1. The minimum Gasteiger partial charge on any atom is -0.474 e. The topological polar surface area (TPSA) is 90.0 Å². The first-order valence-corrected chi connectivity index (χ1v) is 10.7. The number of hydrogen-bond acceptors (Lipinski definition) is 6. The summed E-state index contributed by atoms with van der Waals surface area (Å²) in [5.41, 5.74) is -1.65. The molecule has 2 amide bonds. The average molecular weight is 476 g/mol. The SMILES string of the molecule is C[C@H]1C[C@@H](NC(=O)C(C)(C)COc2ncccc2OC(F)(F)F)CCN1C(=O)OC(C)(C)C. The van der Waals surface area contributed by atoms with Gasteiger partial charge in [-0.05, 0) is 66.5 Å². The summed E-state index contributed by atoms with van der Waals surface area (Å²) in [6.45, 7) is 10.8. The highest BCUT2D eigenvalue weighted by Gasteiger charge is 2.36. The van der Waals surface area contributed by atoms with Crippen molar-refractivity contribution in [3.05, 3.63) is 18.3 Å². The molecule has 1 saturated heterocycles. The zero-order valence-electron chi connectivity index (χ0n) is 19.8. The molecule has 8 nitrogen and oxygen atoms in total. The van der Waals surface area contributed by atoms with Crippen LogP contribution in [0.5, 0.6) is 11.6 Å². The number of carbonyl (C=O) groups is 2. The summed E-state index contributed by atoms with van der Waals surface area (Å²) in [5.74, 6) is -1.25. The molecule has 0 radical (unpaired) electrons. The molecule has 186 valence electrons. The molecule has 0 spiro atoms. The number of nitrogens with zero attached hydrogens (tertiary/aromatic N) is 2. The number of piperidine rings is 1. The van der Waals surface area contributed by atoms with E-state index in [4.69, 9.17) is 9.47 Å². The van der Waals surface area contributed by atoms with Crippen LogP contribution in [-0.2, 0) is 9.53 Å². The summed E-state index contributed by atoms with van der Waals surface area (Å²) in [7, 11) is 0. The molecule has 1 aromatic heterocycles. The van der Waals surface area contributed by atoms with Crippen LogP contribution in [0.1, 0.15) is 54.4 Å². The number of nitrogens with one attached hydrogen (secondary N) is 1. The van der Waals surface area contributed by atoms with Crippen molar-refractivity contribution >= 4 is 12.0 Å². The van der Waals surface area contributed by atoms with E-state index >= 15 is 0 Å². The van der Waals surface area contributed by atoms with Gasteiger partial charge in [-0.2, -0.15) is 0 Å². The lowest BCUT2D eigenvalue weighted by atomic mass is 9.91. The van der Waals surface area contributed by atoms with Crippen molar-refractivity contribution in [2.45, 2.75) is 78.4 Å². The Morgan fingerprint density at radius 2 is 1.88 bits per heavy atom. The molecule has 2 heterocycles. The van der Waals surface area contributed by atoms with Crippen molar-refractivity contribution in [1.82, 2.24) is 15.2 Å². The Hall–Kier alpha value is -2.72. The Morgan fingerprint density at radius 3 is 2.45 bits per heavy atom. The third kappa shape index (κ3) is 8.29. The lowest BCUT2D eigenvalue weighted by Gasteiger charge is -2.39. The minimum atomic E-state index is -4.89. The normalized spacial score (nSPS) is 19.6. The van der Waals surface area contributed by atoms with Gasteiger partial charge in [-0.25, -0.2) is 9.78 Å². The molecular formula is C22H32F3N3O5. The molecule has 1 N–H and O–H groups in total. The Balaban J connectivity index is 1.92. The first kappa shape index (κ1) is 26.5. The first-order chi connectivity index (χ1) is 15.1. The molecule has 0 unspecified atom stereocenters. The second-order valence-corrected chi connectivity index (χ2v) is 9.74. The zero-order valence-corrected chi connectivity index (χ0v) is 19.8. The zero-order chi connectivity index (χ0) is 25.0. The molecule has 0 aliphatic carbocycles. The number of rotatable bonds is 6. The summed E-state index contributed by atoms with van der Waals surface area (Å²) in [6.07, 6.45) is -2.91. The second kappa shape index (κ2) is 10.0. The van der Waals surface area contributed by atoms with Gasteiger partial charge in [0.15, 0.2) is 5.75 Å². The Morgan fingerprint density at radius 1 is 1.21 bits per heavy atom. The van der Waals surface area contributed by atoms with E-state index in [9.17, 15) is 22.8 Å². The smallest absolute Gasteiger partial charge is 0.474 e. The van der Waals surface area contributed by atoms with Crippen LogP contribution >= 0.6 is 0 Å². The fourth-order valence-electron chi connectivity index (χ4n) is 3.28. The number of pyridine rings is 1. The predicted octanol–water partition coefficient (Wildman–Crippen LogP) is 4.29. The molecule has 2 atom stereocenters. The number of carbonyl (C=O) groups excluding carboxylic acids is 2. The van der Waals surface area contributed by atoms with Gasteiger partial charge in [-0.3, -0.25) is 4.79 Å². The van der Waals surface area contributed by atoms with E-state index in [1.54, 1.807) is 39.5 Å². The fourth-order valence-corrected chi connectivity index (χ4v) is 3.28. The van der Waals surface area contributed by atoms with Crippen LogP contribution in [0.15, 0.2) is 18.3 Å². The maximum atomic E-state index is 12.8. The predicted molar refractivity (Wildman–Crippen MR) is 114 cm³/mol. The average Bonchev–Trinajstić information content (AvgIpc) is 2.64. The highest BCUT2D eigenvalue weighted by atomic mass is 19.4. The maximum absolute atomic E-state index is 12.8. The third-order valence-electron chi connectivity index (χ3n) is 4.99. The highest BCUT2D eigenvalue weighted by molar-refractivity contribution is 5.82. The number of alkyl halides is 3. The van der Waals surface area contributed by atoms with E-state index in [1.165, 1.54) is 12.3 Å². The van der Waals surface area contributed by atoms with Crippen LogP contribution < -0.4 is 14.8 Å². The van der Waals surface area contributed by atoms with Crippen LogP contribution in [0.3, 0.4) is 0 Å². The molecule has 11 heteroatoms. The van der Waals surface area contributed by atoms with Gasteiger partial charge in [0.2, 0.25) is 5.91 Å². The molecular weight excluding hydrogens is 443 g/mol. The molecule has 33 heavy (non-hydrogen) atoms. The van der Waals surface area contributed by atoms with Crippen LogP contribution in [0.4, 0.5) is 18.0 Å². The van der Waals surface area contributed by atoms with E-state index in [2.05, 4.69) is 15.0 Å². The van der Waals surface area contributed by atoms with Crippen LogP contribution in [-0.4, -0.2) is 59.1 Å². The fraction of sp³-hybridized carbons (Fsp3) is 0.682. The van der Waals surface area contributed by atoms with Crippen LogP contribution in [0, 0.1) is 5.41 Å². The number of halogens is 3. The molecule has 0 bridgehead atoms. The van der Waals surface area contributed by atoms with Gasteiger partial charge in [-0.15, -0.1) is 13.2 Å². The number of likely N-dealkylation sites (tertiary alicyclic amines) is 1. The van der Waals surface area contributed by atoms with E-state index in [0.29, 0.717) is 19.4 Å². The molecule has 0 aromatic carbocycles.